The van der Waals surface area contributed by atoms with Crippen LogP contribution in [0, 0.1) is 24.7 Å². The lowest BCUT2D eigenvalue weighted by Crippen LogP contribution is -2.50. The number of ether oxygens (including phenoxy) is 1. The number of amides is 1. The number of fused-ring (bicyclic) bond motifs is 1. The van der Waals surface area contributed by atoms with Crippen molar-refractivity contribution in [2.45, 2.75) is 26.3 Å². The molecule has 1 fully saturated rings. The molecule has 2 aliphatic rings. The fourth-order valence-corrected chi connectivity index (χ4v) is 3.93. The summed E-state index contributed by atoms with van der Waals surface area (Å²) in [6, 6.07) is 5.88. The lowest BCUT2D eigenvalue weighted by Gasteiger charge is -2.41. The third kappa shape index (κ3) is 3.20. The smallest absolute Gasteiger partial charge is 0.309 e. The van der Waals surface area contributed by atoms with Crippen molar-refractivity contribution < 1.29 is 14.3 Å². The Morgan fingerprint density at radius 2 is 2.21 bits per heavy atom. The second kappa shape index (κ2) is 6.98. The molecule has 3 rings (SSSR count). The van der Waals surface area contributed by atoms with Gasteiger partial charge in [0.2, 0.25) is 5.91 Å². The maximum Gasteiger partial charge on any atom is 0.309 e. The molecule has 24 heavy (non-hydrogen) atoms. The minimum Gasteiger partial charge on any atom is -0.469 e. The molecule has 1 aromatic carbocycles. The quantitative estimate of drug-likeness (QED) is 0.622. The number of carbonyl (C=O) groups is 2. The predicted molar refractivity (Wildman–Crippen MR) is 92.5 cm³/mol. The third-order valence-electron chi connectivity index (χ3n) is 5.11. The Morgan fingerprint density at radius 1 is 1.42 bits per heavy atom. The SMILES string of the molecule is COC(=O)[C@H]1CC=C[C@@H]2CCN(Cc3ccc(C)c(Cl)c3)C(=O)[C@@H]21. The molecular weight excluding hydrogens is 326 g/mol. The maximum atomic E-state index is 13.0. The number of esters is 1. The number of hydrogen-bond donors (Lipinski definition) is 0. The van der Waals surface area contributed by atoms with Gasteiger partial charge in [0.25, 0.3) is 0 Å². The first-order valence-corrected chi connectivity index (χ1v) is 8.67. The van der Waals surface area contributed by atoms with Crippen LogP contribution in [0.25, 0.3) is 0 Å². The van der Waals surface area contributed by atoms with Crippen molar-refractivity contribution in [1.29, 1.82) is 0 Å². The summed E-state index contributed by atoms with van der Waals surface area (Å²) in [6.07, 6.45) is 5.54. The van der Waals surface area contributed by atoms with Gasteiger partial charge in [0.15, 0.2) is 0 Å². The van der Waals surface area contributed by atoms with Crippen molar-refractivity contribution in [2.24, 2.45) is 17.8 Å². The molecule has 1 heterocycles. The molecule has 0 N–H and O–H groups in total. The molecule has 1 saturated heterocycles. The first-order valence-electron chi connectivity index (χ1n) is 8.29. The summed E-state index contributed by atoms with van der Waals surface area (Å²) in [7, 11) is 1.38. The first kappa shape index (κ1) is 17.0. The minimum absolute atomic E-state index is 0.0442. The van der Waals surface area contributed by atoms with Gasteiger partial charge in [-0.15, -0.1) is 0 Å². The largest absolute Gasteiger partial charge is 0.469 e. The number of aryl methyl sites for hydroxylation is 1. The van der Waals surface area contributed by atoms with Crippen molar-refractivity contribution in [2.75, 3.05) is 13.7 Å². The molecule has 1 amide bonds. The topological polar surface area (TPSA) is 46.6 Å². The summed E-state index contributed by atoms with van der Waals surface area (Å²) in [6.45, 7) is 3.18. The van der Waals surface area contributed by atoms with Crippen LogP contribution in [0.3, 0.4) is 0 Å². The number of piperidine rings is 1. The van der Waals surface area contributed by atoms with E-state index in [1.165, 1.54) is 7.11 Å². The van der Waals surface area contributed by atoms with Crippen LogP contribution in [0.5, 0.6) is 0 Å². The number of methoxy groups -OCH3 is 1. The molecule has 0 spiro atoms. The van der Waals surface area contributed by atoms with Crippen molar-refractivity contribution in [1.82, 2.24) is 4.90 Å². The lowest BCUT2D eigenvalue weighted by atomic mass is 9.71. The highest BCUT2D eigenvalue weighted by Gasteiger charge is 2.44. The predicted octanol–water partition coefficient (Wildman–Crippen LogP) is 3.36. The van der Waals surface area contributed by atoms with Gasteiger partial charge >= 0.3 is 5.97 Å². The number of rotatable bonds is 3. The summed E-state index contributed by atoms with van der Waals surface area (Å²) < 4.78 is 4.91. The highest BCUT2D eigenvalue weighted by atomic mass is 35.5. The van der Waals surface area contributed by atoms with Gasteiger partial charge in [-0.05, 0) is 42.9 Å². The van der Waals surface area contributed by atoms with Crippen LogP contribution in [0.1, 0.15) is 24.0 Å². The molecule has 3 atom stereocenters. The second-order valence-electron chi connectivity index (χ2n) is 6.62. The van der Waals surface area contributed by atoms with E-state index in [2.05, 4.69) is 6.08 Å². The van der Waals surface area contributed by atoms with Gasteiger partial charge in [0, 0.05) is 18.1 Å². The zero-order valence-corrected chi connectivity index (χ0v) is 14.8. The van der Waals surface area contributed by atoms with Crippen LogP contribution in [0.15, 0.2) is 30.4 Å². The molecule has 5 heteroatoms. The number of carbonyl (C=O) groups excluding carboxylic acids is 2. The molecule has 1 aromatic rings. The van der Waals surface area contributed by atoms with E-state index < -0.39 is 0 Å². The van der Waals surface area contributed by atoms with E-state index in [9.17, 15) is 9.59 Å². The average Bonchev–Trinajstić information content (AvgIpc) is 2.59. The summed E-state index contributed by atoms with van der Waals surface area (Å²) in [5.41, 5.74) is 2.03. The van der Waals surface area contributed by atoms with E-state index in [1.807, 2.05) is 36.1 Å². The van der Waals surface area contributed by atoms with Gasteiger partial charge in [-0.3, -0.25) is 9.59 Å². The fourth-order valence-electron chi connectivity index (χ4n) is 3.73. The molecule has 0 saturated carbocycles. The molecule has 1 aliphatic carbocycles. The normalized spacial score (nSPS) is 26.2. The zero-order chi connectivity index (χ0) is 17.3. The Kier molecular flexibility index (Phi) is 4.95. The molecule has 0 radical (unpaired) electrons. The van der Waals surface area contributed by atoms with Crippen LogP contribution in [-0.2, 0) is 20.9 Å². The highest BCUT2D eigenvalue weighted by molar-refractivity contribution is 6.31. The van der Waals surface area contributed by atoms with Gasteiger partial charge in [0.05, 0.1) is 18.9 Å². The summed E-state index contributed by atoms with van der Waals surface area (Å²) in [4.78, 5) is 26.9. The molecule has 4 nitrogen and oxygen atoms in total. The van der Waals surface area contributed by atoms with E-state index in [4.69, 9.17) is 16.3 Å². The van der Waals surface area contributed by atoms with E-state index in [1.54, 1.807) is 0 Å². The van der Waals surface area contributed by atoms with Gasteiger partial charge in [0.1, 0.15) is 0 Å². The second-order valence-corrected chi connectivity index (χ2v) is 7.02. The van der Waals surface area contributed by atoms with E-state index in [0.29, 0.717) is 24.5 Å². The monoisotopic (exact) mass is 347 g/mol. The van der Waals surface area contributed by atoms with Gasteiger partial charge in [-0.2, -0.15) is 0 Å². The lowest BCUT2D eigenvalue weighted by molar-refractivity contribution is -0.157. The van der Waals surface area contributed by atoms with Crippen LogP contribution >= 0.6 is 11.6 Å². The Balaban J connectivity index is 1.79. The van der Waals surface area contributed by atoms with E-state index >= 15 is 0 Å². The number of allylic oxidation sites excluding steroid dienone is 2. The van der Waals surface area contributed by atoms with E-state index in [0.717, 1.165) is 17.5 Å². The van der Waals surface area contributed by atoms with Crippen molar-refractivity contribution >= 4 is 23.5 Å². The zero-order valence-electron chi connectivity index (χ0n) is 14.0. The van der Waals surface area contributed by atoms with Crippen LogP contribution in [-0.4, -0.2) is 30.4 Å². The molecule has 128 valence electrons. The first-order chi connectivity index (χ1) is 11.5. The van der Waals surface area contributed by atoms with Crippen LogP contribution in [0.4, 0.5) is 0 Å². The fraction of sp³-hybridized carbons (Fsp3) is 0.474. The number of nitrogens with zero attached hydrogens (tertiary/aromatic N) is 1. The van der Waals surface area contributed by atoms with Gasteiger partial charge < -0.3 is 9.64 Å². The van der Waals surface area contributed by atoms with Crippen molar-refractivity contribution in [3.8, 4) is 0 Å². The standard InChI is InChI=1S/C19H22ClNO3/c1-12-6-7-13(10-16(12)20)11-21-9-8-14-4-3-5-15(19(23)24-2)17(14)18(21)22/h3-4,6-7,10,14-15,17H,5,8-9,11H2,1-2H3/t14-,15+,17+/m1/s1. The van der Waals surface area contributed by atoms with Gasteiger partial charge in [-0.25, -0.2) is 0 Å². The van der Waals surface area contributed by atoms with Crippen LogP contribution in [0.2, 0.25) is 5.02 Å². The molecule has 0 aromatic heterocycles. The third-order valence-corrected chi connectivity index (χ3v) is 5.52. The van der Waals surface area contributed by atoms with E-state index in [-0.39, 0.29) is 29.6 Å². The Labute approximate surface area is 147 Å². The summed E-state index contributed by atoms with van der Waals surface area (Å²) >= 11 is 6.19. The molecule has 0 unspecified atom stereocenters. The molecule has 1 aliphatic heterocycles. The van der Waals surface area contributed by atoms with Crippen LogP contribution < -0.4 is 0 Å². The Bertz CT molecular complexity index is 685. The minimum atomic E-state index is -0.373. The number of hydrogen-bond acceptors (Lipinski definition) is 3. The Morgan fingerprint density at radius 3 is 2.92 bits per heavy atom. The molecule has 0 bridgehead atoms. The van der Waals surface area contributed by atoms with Gasteiger partial charge in [-0.1, -0.05) is 35.9 Å². The number of halogens is 1. The summed E-state index contributed by atoms with van der Waals surface area (Å²) in [5.74, 6) is -0.794. The Hall–Kier alpha value is -1.81. The number of likely N-dealkylation sites (tertiary alicyclic amines) is 1. The number of benzene rings is 1. The molecular formula is C19H22ClNO3. The van der Waals surface area contributed by atoms with Crippen molar-refractivity contribution in [3.05, 3.63) is 46.5 Å². The average molecular weight is 348 g/mol. The summed E-state index contributed by atoms with van der Waals surface area (Å²) in [5, 5.41) is 0.711. The maximum absolute atomic E-state index is 13.0. The van der Waals surface area contributed by atoms with Crippen molar-refractivity contribution in [3.63, 3.8) is 0 Å². The highest BCUT2D eigenvalue weighted by Crippen LogP contribution is 2.38.